The standard InChI is InChI=1S/C25H28FN7O2/c1-15-6-21(23(11-27-15)35-20-8-18-13-34-14-19(9-20)32(18)3)16-4-5-33-17(7-16)10-24(29-33)28-22-12-31(2)30-25(22)26/h4-7,10-12,18-20H,8-9,13-14H2,1-3H3,(H,28,29)/t18-,19+,20?. The Kier molecular flexibility index (Phi) is 5.42. The maximum absolute atomic E-state index is 13.9. The third-order valence-corrected chi connectivity index (χ3v) is 6.96. The summed E-state index contributed by atoms with van der Waals surface area (Å²) < 4.78 is 29.4. The highest BCUT2D eigenvalue weighted by atomic mass is 19.1. The fraction of sp³-hybridized carbons (Fsp3) is 0.400. The molecule has 10 heteroatoms. The number of pyridine rings is 2. The Hall–Kier alpha value is -3.50. The highest BCUT2D eigenvalue weighted by Crippen LogP contribution is 2.35. The van der Waals surface area contributed by atoms with E-state index in [0.29, 0.717) is 17.9 Å². The number of likely N-dealkylation sites (N-methyl/N-ethyl adjacent to an activating group) is 1. The molecule has 2 bridgehead atoms. The molecule has 1 N–H and O–H groups in total. The Labute approximate surface area is 202 Å². The van der Waals surface area contributed by atoms with E-state index in [1.807, 2.05) is 31.5 Å². The predicted octanol–water partition coefficient (Wildman–Crippen LogP) is 3.56. The first-order valence-electron chi connectivity index (χ1n) is 11.8. The number of nitrogens with zero attached hydrogens (tertiary/aromatic N) is 6. The van der Waals surface area contributed by atoms with Gasteiger partial charge in [-0.1, -0.05) is 0 Å². The van der Waals surface area contributed by atoms with E-state index in [9.17, 15) is 4.39 Å². The second-order valence-corrected chi connectivity index (χ2v) is 9.49. The van der Waals surface area contributed by atoms with Crippen molar-refractivity contribution < 1.29 is 13.9 Å². The first-order valence-corrected chi connectivity index (χ1v) is 11.8. The van der Waals surface area contributed by atoms with Gasteiger partial charge in [0.05, 0.1) is 31.1 Å². The predicted molar refractivity (Wildman–Crippen MR) is 129 cm³/mol. The van der Waals surface area contributed by atoms with E-state index < -0.39 is 5.95 Å². The van der Waals surface area contributed by atoms with Crippen molar-refractivity contribution in [3.05, 3.63) is 54.5 Å². The monoisotopic (exact) mass is 477 g/mol. The molecule has 1 unspecified atom stereocenters. The fourth-order valence-electron chi connectivity index (χ4n) is 5.09. The number of anilines is 2. The van der Waals surface area contributed by atoms with Crippen LogP contribution in [0.3, 0.4) is 0 Å². The van der Waals surface area contributed by atoms with Gasteiger partial charge in [0.15, 0.2) is 5.82 Å². The Morgan fingerprint density at radius 1 is 1.11 bits per heavy atom. The molecule has 9 nitrogen and oxygen atoms in total. The summed E-state index contributed by atoms with van der Waals surface area (Å²) in [7, 11) is 3.85. The largest absolute Gasteiger partial charge is 0.488 e. The minimum Gasteiger partial charge on any atom is -0.488 e. The molecule has 3 atom stereocenters. The Morgan fingerprint density at radius 2 is 1.91 bits per heavy atom. The average molecular weight is 478 g/mol. The molecule has 4 aromatic heterocycles. The number of nitrogens with one attached hydrogen (secondary N) is 1. The third kappa shape index (κ3) is 4.23. The van der Waals surface area contributed by atoms with Crippen molar-refractivity contribution in [2.45, 2.75) is 38.0 Å². The second-order valence-electron chi connectivity index (χ2n) is 9.49. The van der Waals surface area contributed by atoms with Crippen molar-refractivity contribution >= 4 is 17.0 Å². The average Bonchev–Trinajstić information content (AvgIpc) is 3.36. The zero-order valence-corrected chi connectivity index (χ0v) is 20.0. The summed E-state index contributed by atoms with van der Waals surface area (Å²) in [4.78, 5) is 6.94. The van der Waals surface area contributed by atoms with Gasteiger partial charge in [-0.15, -0.1) is 5.10 Å². The third-order valence-electron chi connectivity index (χ3n) is 6.96. The highest BCUT2D eigenvalue weighted by Gasteiger charge is 2.38. The minimum atomic E-state index is -0.566. The van der Waals surface area contributed by atoms with E-state index >= 15 is 0 Å². The second kappa shape index (κ2) is 8.62. The number of halogens is 1. The molecule has 0 amide bonds. The normalized spacial score (nSPS) is 22.5. The zero-order chi connectivity index (χ0) is 24.1. The summed E-state index contributed by atoms with van der Waals surface area (Å²) in [6, 6.07) is 8.76. The number of hydrogen-bond acceptors (Lipinski definition) is 7. The number of aromatic nitrogens is 5. The van der Waals surface area contributed by atoms with E-state index in [4.69, 9.17) is 9.47 Å². The number of piperidine rings is 1. The van der Waals surface area contributed by atoms with Gasteiger partial charge in [0.25, 0.3) is 5.95 Å². The lowest BCUT2D eigenvalue weighted by Crippen LogP contribution is -2.57. The van der Waals surface area contributed by atoms with Gasteiger partial charge >= 0.3 is 0 Å². The SMILES string of the molecule is Cc1cc(-c2ccn3nc(Nc4cn(C)nc4F)cc3c2)c(OC2C[C@H]3COC[C@@H](C2)N3C)cn1. The Bertz CT molecular complexity index is 1370. The molecule has 4 aromatic rings. The first kappa shape index (κ1) is 22.0. The van der Waals surface area contributed by atoms with Crippen LogP contribution in [0.15, 0.2) is 42.9 Å². The van der Waals surface area contributed by atoms with Crippen LogP contribution in [0.25, 0.3) is 16.6 Å². The van der Waals surface area contributed by atoms with Crippen LogP contribution in [0.4, 0.5) is 15.9 Å². The van der Waals surface area contributed by atoms with Gasteiger partial charge in [0, 0.05) is 55.5 Å². The van der Waals surface area contributed by atoms with Gasteiger partial charge in [0.2, 0.25) is 0 Å². The van der Waals surface area contributed by atoms with Crippen molar-refractivity contribution in [1.29, 1.82) is 0 Å². The van der Waals surface area contributed by atoms with Crippen molar-refractivity contribution in [2.24, 2.45) is 7.05 Å². The molecule has 182 valence electrons. The van der Waals surface area contributed by atoms with E-state index in [1.54, 1.807) is 17.8 Å². The van der Waals surface area contributed by atoms with Gasteiger partial charge in [-0.2, -0.15) is 9.49 Å². The molecule has 0 aliphatic carbocycles. The van der Waals surface area contributed by atoms with Crippen LogP contribution in [0.5, 0.6) is 5.75 Å². The van der Waals surface area contributed by atoms with Crippen molar-refractivity contribution in [3.63, 3.8) is 0 Å². The number of hydrogen-bond donors (Lipinski definition) is 1. The molecule has 2 aliphatic heterocycles. The topological polar surface area (TPSA) is 81.7 Å². The molecule has 6 heterocycles. The van der Waals surface area contributed by atoms with Gasteiger partial charge in [-0.05, 0) is 37.7 Å². The summed E-state index contributed by atoms with van der Waals surface area (Å²) in [5.74, 6) is 0.754. The maximum atomic E-state index is 13.9. The summed E-state index contributed by atoms with van der Waals surface area (Å²) in [5.41, 5.74) is 4.08. The molecule has 0 spiro atoms. The van der Waals surface area contributed by atoms with Crippen LogP contribution in [0, 0.1) is 12.9 Å². The Balaban J connectivity index is 1.28. The number of fused-ring (bicyclic) bond motifs is 3. The minimum absolute atomic E-state index is 0.122. The molecule has 0 radical (unpaired) electrons. The van der Waals surface area contributed by atoms with Gasteiger partial charge in [-0.25, -0.2) is 4.52 Å². The van der Waals surface area contributed by atoms with Crippen molar-refractivity contribution in [1.82, 2.24) is 29.3 Å². The van der Waals surface area contributed by atoms with E-state index in [1.165, 1.54) is 4.68 Å². The van der Waals surface area contributed by atoms with Gasteiger partial charge in [-0.3, -0.25) is 14.6 Å². The molecular weight excluding hydrogens is 449 g/mol. The first-order chi connectivity index (χ1) is 16.9. The number of morpholine rings is 1. The maximum Gasteiger partial charge on any atom is 0.256 e. The summed E-state index contributed by atoms with van der Waals surface area (Å²) in [6.45, 7) is 3.48. The number of aryl methyl sites for hydroxylation is 2. The van der Waals surface area contributed by atoms with E-state index in [-0.39, 0.29) is 11.8 Å². The lowest BCUT2D eigenvalue weighted by atomic mass is 9.92. The summed E-state index contributed by atoms with van der Waals surface area (Å²) in [6.07, 6.45) is 7.29. The Morgan fingerprint density at radius 3 is 2.66 bits per heavy atom. The molecule has 6 rings (SSSR count). The molecular formula is C25H28FN7O2. The fourth-order valence-corrected chi connectivity index (χ4v) is 5.09. The van der Waals surface area contributed by atoms with Crippen LogP contribution in [-0.4, -0.2) is 67.7 Å². The zero-order valence-electron chi connectivity index (χ0n) is 20.0. The number of rotatable bonds is 5. The van der Waals surface area contributed by atoms with Crippen LogP contribution >= 0.6 is 0 Å². The quantitative estimate of drug-likeness (QED) is 0.471. The number of ether oxygens (including phenoxy) is 2. The highest BCUT2D eigenvalue weighted by molar-refractivity contribution is 5.75. The van der Waals surface area contributed by atoms with E-state index in [2.05, 4.69) is 44.6 Å². The summed E-state index contributed by atoms with van der Waals surface area (Å²) >= 11 is 0. The van der Waals surface area contributed by atoms with Crippen LogP contribution in [0.1, 0.15) is 18.5 Å². The summed E-state index contributed by atoms with van der Waals surface area (Å²) in [5, 5.41) is 11.2. The van der Waals surface area contributed by atoms with Gasteiger partial charge < -0.3 is 14.8 Å². The molecule has 2 saturated heterocycles. The molecule has 35 heavy (non-hydrogen) atoms. The molecule has 0 saturated carbocycles. The van der Waals surface area contributed by atoms with E-state index in [0.717, 1.165) is 54.1 Å². The smallest absolute Gasteiger partial charge is 0.256 e. The molecule has 2 aliphatic rings. The molecule has 0 aromatic carbocycles. The molecule has 2 fully saturated rings. The lowest BCUT2D eigenvalue weighted by molar-refractivity contribution is -0.0879. The van der Waals surface area contributed by atoms with Crippen molar-refractivity contribution in [3.8, 4) is 16.9 Å². The van der Waals surface area contributed by atoms with Crippen molar-refractivity contribution in [2.75, 3.05) is 25.6 Å². The van der Waals surface area contributed by atoms with Gasteiger partial charge in [0.1, 0.15) is 17.5 Å². The lowest BCUT2D eigenvalue weighted by Gasteiger charge is -2.46. The van der Waals surface area contributed by atoms with Crippen LogP contribution < -0.4 is 10.1 Å². The van der Waals surface area contributed by atoms with Crippen LogP contribution in [0.2, 0.25) is 0 Å². The van der Waals surface area contributed by atoms with Crippen LogP contribution in [-0.2, 0) is 11.8 Å².